The summed E-state index contributed by atoms with van der Waals surface area (Å²) < 4.78 is 0. The van der Waals surface area contributed by atoms with Gasteiger partial charge in [0.05, 0.1) is 0 Å². The number of aryl methyl sites for hydroxylation is 1. The molecule has 1 aliphatic heterocycles. The zero-order valence-corrected chi connectivity index (χ0v) is 14.9. The first-order valence-corrected chi connectivity index (χ1v) is 9.27. The second-order valence-corrected chi connectivity index (χ2v) is 8.42. The standard InChI is InChI=1S/C21H30N2/c1-16-4-8-19(9-5-16)23-12-10-22(11-13-23)15-17-6-7-18-14-20(17)21(18,2)3/h4-6,8-9,18,20H,7,10-15H2,1-3H3/t18-,20-/m1/s1. The molecule has 1 aromatic carbocycles. The van der Waals surface area contributed by atoms with Crippen LogP contribution >= 0.6 is 0 Å². The largest absolute Gasteiger partial charge is 0.369 e. The molecule has 0 aromatic heterocycles. The minimum Gasteiger partial charge on any atom is -0.369 e. The van der Waals surface area contributed by atoms with Gasteiger partial charge in [-0.25, -0.2) is 0 Å². The molecule has 5 rings (SSSR count). The third kappa shape index (κ3) is 2.71. The molecule has 0 amide bonds. The van der Waals surface area contributed by atoms with Crippen LogP contribution in [-0.2, 0) is 0 Å². The number of fused-ring (bicyclic) bond motifs is 1. The lowest BCUT2D eigenvalue weighted by molar-refractivity contribution is -0.0107. The molecular formula is C21H30N2. The minimum atomic E-state index is 0.563. The summed E-state index contributed by atoms with van der Waals surface area (Å²) in [6.07, 6.45) is 5.33. The monoisotopic (exact) mass is 310 g/mol. The maximum atomic E-state index is 2.67. The number of hydrogen-bond acceptors (Lipinski definition) is 2. The third-order valence-corrected chi connectivity index (χ3v) is 6.76. The van der Waals surface area contributed by atoms with Crippen molar-refractivity contribution in [3.8, 4) is 0 Å². The van der Waals surface area contributed by atoms with Crippen molar-refractivity contribution in [3.05, 3.63) is 41.5 Å². The first kappa shape index (κ1) is 15.3. The molecule has 2 atom stereocenters. The van der Waals surface area contributed by atoms with E-state index in [0.717, 1.165) is 24.9 Å². The van der Waals surface area contributed by atoms with E-state index in [2.05, 4.69) is 60.9 Å². The summed E-state index contributed by atoms with van der Waals surface area (Å²) in [5.74, 6) is 1.81. The molecule has 1 saturated carbocycles. The first-order chi connectivity index (χ1) is 11.0. The molecule has 124 valence electrons. The van der Waals surface area contributed by atoms with Crippen LogP contribution in [-0.4, -0.2) is 37.6 Å². The Morgan fingerprint density at radius 3 is 2.35 bits per heavy atom. The number of rotatable bonds is 3. The maximum Gasteiger partial charge on any atom is 0.0367 e. The van der Waals surface area contributed by atoms with Crippen molar-refractivity contribution in [2.45, 2.75) is 33.6 Å². The van der Waals surface area contributed by atoms with Crippen LogP contribution in [0.3, 0.4) is 0 Å². The van der Waals surface area contributed by atoms with Crippen LogP contribution in [0.1, 0.15) is 32.3 Å². The Morgan fingerprint density at radius 1 is 1.04 bits per heavy atom. The molecule has 0 N–H and O–H groups in total. The molecule has 1 heterocycles. The predicted molar refractivity (Wildman–Crippen MR) is 97.9 cm³/mol. The number of piperazine rings is 1. The average molecular weight is 310 g/mol. The quantitative estimate of drug-likeness (QED) is 0.775. The third-order valence-electron chi connectivity index (χ3n) is 6.76. The molecule has 23 heavy (non-hydrogen) atoms. The lowest BCUT2D eigenvalue weighted by Gasteiger charge is -2.57. The lowest BCUT2D eigenvalue weighted by Crippen LogP contribution is -2.52. The van der Waals surface area contributed by atoms with Crippen LogP contribution in [0, 0.1) is 24.2 Å². The number of benzene rings is 1. The highest BCUT2D eigenvalue weighted by molar-refractivity contribution is 5.47. The summed E-state index contributed by atoms with van der Waals surface area (Å²) >= 11 is 0. The molecular weight excluding hydrogens is 280 g/mol. The lowest BCUT2D eigenvalue weighted by atomic mass is 9.49. The Labute approximate surface area is 141 Å². The number of anilines is 1. The molecule has 2 nitrogen and oxygen atoms in total. The molecule has 0 spiro atoms. The average Bonchev–Trinajstić information content (AvgIpc) is 2.56. The van der Waals surface area contributed by atoms with E-state index < -0.39 is 0 Å². The van der Waals surface area contributed by atoms with Gasteiger partial charge < -0.3 is 4.90 Å². The van der Waals surface area contributed by atoms with E-state index in [1.54, 1.807) is 5.57 Å². The summed E-state index contributed by atoms with van der Waals surface area (Å²) in [5.41, 5.74) is 5.03. The fourth-order valence-corrected chi connectivity index (χ4v) is 4.83. The Balaban J connectivity index is 1.34. The molecule has 2 heteroatoms. The fourth-order valence-electron chi connectivity index (χ4n) is 4.83. The van der Waals surface area contributed by atoms with Crippen LogP contribution in [0.25, 0.3) is 0 Å². The second-order valence-electron chi connectivity index (χ2n) is 8.42. The van der Waals surface area contributed by atoms with Gasteiger partial charge in [0.15, 0.2) is 0 Å². The van der Waals surface area contributed by atoms with E-state index in [1.807, 2.05) is 0 Å². The van der Waals surface area contributed by atoms with E-state index in [0.29, 0.717) is 5.41 Å². The summed E-state index contributed by atoms with van der Waals surface area (Å²) in [5, 5.41) is 0. The highest BCUT2D eigenvalue weighted by Crippen LogP contribution is 2.59. The van der Waals surface area contributed by atoms with Crippen molar-refractivity contribution in [1.82, 2.24) is 4.90 Å². The normalized spacial score (nSPS) is 29.9. The SMILES string of the molecule is Cc1ccc(N2CCN(CC3=CC[C@@H]4C[C@H]3C4(C)C)CC2)cc1. The van der Waals surface area contributed by atoms with E-state index in [4.69, 9.17) is 0 Å². The van der Waals surface area contributed by atoms with Crippen LogP contribution < -0.4 is 4.90 Å². The zero-order chi connectivity index (χ0) is 16.0. The highest BCUT2D eigenvalue weighted by Gasteiger charge is 2.51. The molecule has 1 aromatic rings. The van der Waals surface area contributed by atoms with Crippen LogP contribution in [0.15, 0.2) is 35.9 Å². The van der Waals surface area contributed by atoms with E-state index in [9.17, 15) is 0 Å². The summed E-state index contributed by atoms with van der Waals surface area (Å²) in [7, 11) is 0. The van der Waals surface area contributed by atoms with Crippen LogP contribution in [0.4, 0.5) is 5.69 Å². The van der Waals surface area contributed by atoms with Crippen LogP contribution in [0.2, 0.25) is 0 Å². The van der Waals surface area contributed by atoms with Crippen molar-refractivity contribution in [1.29, 1.82) is 0 Å². The van der Waals surface area contributed by atoms with Crippen molar-refractivity contribution in [3.63, 3.8) is 0 Å². The van der Waals surface area contributed by atoms with E-state index in [-0.39, 0.29) is 0 Å². The molecule has 0 unspecified atom stereocenters. The van der Waals surface area contributed by atoms with Crippen molar-refractivity contribution in [2.75, 3.05) is 37.6 Å². The highest BCUT2D eigenvalue weighted by atomic mass is 15.3. The number of nitrogens with zero attached hydrogens (tertiary/aromatic N) is 2. The minimum absolute atomic E-state index is 0.563. The molecule has 0 radical (unpaired) electrons. The van der Waals surface area contributed by atoms with E-state index >= 15 is 0 Å². The fraction of sp³-hybridized carbons (Fsp3) is 0.619. The maximum absolute atomic E-state index is 2.67. The van der Waals surface area contributed by atoms with Gasteiger partial charge in [-0.15, -0.1) is 0 Å². The van der Waals surface area contributed by atoms with Gasteiger partial charge in [0, 0.05) is 38.4 Å². The van der Waals surface area contributed by atoms with Crippen molar-refractivity contribution >= 4 is 5.69 Å². The summed E-state index contributed by atoms with van der Waals surface area (Å²) in [6, 6.07) is 8.99. The molecule has 4 aliphatic rings. The molecule has 1 saturated heterocycles. The first-order valence-electron chi connectivity index (χ1n) is 9.27. The predicted octanol–water partition coefficient (Wildman–Crippen LogP) is 4.11. The van der Waals surface area contributed by atoms with Gasteiger partial charge in [0.1, 0.15) is 0 Å². The topological polar surface area (TPSA) is 6.48 Å². The van der Waals surface area contributed by atoms with E-state index in [1.165, 1.54) is 43.7 Å². The Bertz CT molecular complexity index is 591. The van der Waals surface area contributed by atoms with Gasteiger partial charge in [-0.3, -0.25) is 4.90 Å². The molecule has 3 aliphatic carbocycles. The van der Waals surface area contributed by atoms with Gasteiger partial charge in [-0.05, 0) is 49.1 Å². The second kappa shape index (κ2) is 5.66. The van der Waals surface area contributed by atoms with Gasteiger partial charge in [0.2, 0.25) is 0 Å². The van der Waals surface area contributed by atoms with Crippen molar-refractivity contribution < 1.29 is 0 Å². The van der Waals surface area contributed by atoms with Crippen molar-refractivity contribution in [2.24, 2.45) is 17.3 Å². The Hall–Kier alpha value is -1.28. The zero-order valence-electron chi connectivity index (χ0n) is 14.9. The van der Waals surface area contributed by atoms with Gasteiger partial charge in [-0.2, -0.15) is 0 Å². The molecule has 2 fully saturated rings. The van der Waals surface area contributed by atoms with Gasteiger partial charge in [-0.1, -0.05) is 43.2 Å². The number of hydrogen-bond donors (Lipinski definition) is 0. The molecule has 2 bridgehead atoms. The van der Waals surface area contributed by atoms with Gasteiger partial charge >= 0.3 is 0 Å². The van der Waals surface area contributed by atoms with Gasteiger partial charge in [0.25, 0.3) is 0 Å². The van der Waals surface area contributed by atoms with Crippen LogP contribution in [0.5, 0.6) is 0 Å². The number of allylic oxidation sites excluding steroid dienone is 1. The Kier molecular flexibility index (Phi) is 3.76. The summed E-state index contributed by atoms with van der Waals surface area (Å²) in [4.78, 5) is 5.21. The summed E-state index contributed by atoms with van der Waals surface area (Å²) in [6.45, 7) is 13.0. The smallest absolute Gasteiger partial charge is 0.0367 e. The Morgan fingerprint density at radius 2 is 1.74 bits per heavy atom.